The Hall–Kier alpha value is -2.20. The number of carbonyl (C=O) groups excluding carboxylic acids is 1. The normalized spacial score (nSPS) is 10.3. The summed E-state index contributed by atoms with van der Waals surface area (Å²) in [6.07, 6.45) is 0.360. The Morgan fingerprint density at radius 3 is 2.61 bits per heavy atom. The Kier molecular flexibility index (Phi) is 5.88. The molecule has 122 valence electrons. The highest BCUT2D eigenvalue weighted by Gasteiger charge is 2.07. The van der Waals surface area contributed by atoms with Gasteiger partial charge in [0.1, 0.15) is 5.75 Å². The van der Waals surface area contributed by atoms with Crippen LogP contribution in [-0.2, 0) is 4.79 Å². The predicted octanol–water partition coefficient (Wildman–Crippen LogP) is 4.41. The van der Waals surface area contributed by atoms with E-state index in [1.807, 2.05) is 44.2 Å². The van der Waals surface area contributed by atoms with E-state index in [4.69, 9.17) is 16.3 Å². The minimum Gasteiger partial charge on any atom is -0.495 e. The minimum atomic E-state index is -0.0467. The van der Waals surface area contributed by atoms with E-state index in [-0.39, 0.29) is 5.91 Å². The van der Waals surface area contributed by atoms with Crippen LogP contribution in [0, 0.1) is 13.8 Å². The van der Waals surface area contributed by atoms with Gasteiger partial charge in [0.25, 0.3) is 0 Å². The number of rotatable bonds is 6. The Labute approximate surface area is 141 Å². The van der Waals surface area contributed by atoms with Gasteiger partial charge in [0.2, 0.25) is 5.91 Å². The summed E-state index contributed by atoms with van der Waals surface area (Å²) < 4.78 is 5.30. The van der Waals surface area contributed by atoms with E-state index in [1.54, 1.807) is 13.2 Å². The van der Waals surface area contributed by atoms with Gasteiger partial charge in [-0.15, -0.1) is 0 Å². The number of amides is 1. The molecule has 2 aromatic carbocycles. The van der Waals surface area contributed by atoms with Crippen LogP contribution in [0.5, 0.6) is 5.75 Å². The SMILES string of the molecule is COc1ccc(C)cc1NCCC(=O)Nc1ccc(Cl)cc1C. The van der Waals surface area contributed by atoms with Crippen molar-refractivity contribution in [2.75, 3.05) is 24.3 Å². The zero-order chi connectivity index (χ0) is 16.8. The van der Waals surface area contributed by atoms with Crippen molar-refractivity contribution in [2.24, 2.45) is 0 Å². The van der Waals surface area contributed by atoms with Gasteiger partial charge in [-0.05, 0) is 55.3 Å². The monoisotopic (exact) mass is 332 g/mol. The highest BCUT2D eigenvalue weighted by Crippen LogP contribution is 2.25. The van der Waals surface area contributed by atoms with Crippen LogP contribution in [0.4, 0.5) is 11.4 Å². The fourth-order valence-electron chi connectivity index (χ4n) is 2.25. The molecule has 4 nitrogen and oxygen atoms in total. The zero-order valence-corrected chi connectivity index (χ0v) is 14.3. The van der Waals surface area contributed by atoms with E-state index < -0.39 is 0 Å². The summed E-state index contributed by atoms with van der Waals surface area (Å²) in [6.45, 7) is 4.45. The smallest absolute Gasteiger partial charge is 0.226 e. The van der Waals surface area contributed by atoms with E-state index in [0.717, 1.165) is 28.3 Å². The van der Waals surface area contributed by atoms with Crippen molar-refractivity contribution >= 4 is 28.9 Å². The standard InChI is InChI=1S/C18H21ClN2O2/c1-12-4-7-17(23-3)16(10-12)20-9-8-18(22)21-15-6-5-14(19)11-13(15)2/h4-7,10-11,20H,8-9H2,1-3H3,(H,21,22). The number of ether oxygens (including phenoxy) is 1. The topological polar surface area (TPSA) is 50.4 Å². The van der Waals surface area contributed by atoms with Crippen LogP contribution in [-0.4, -0.2) is 19.6 Å². The number of hydrogen-bond acceptors (Lipinski definition) is 3. The summed E-state index contributed by atoms with van der Waals surface area (Å²) in [5.74, 6) is 0.721. The van der Waals surface area contributed by atoms with Crippen LogP contribution in [0.15, 0.2) is 36.4 Å². The number of hydrogen-bond donors (Lipinski definition) is 2. The van der Waals surface area contributed by atoms with Crippen molar-refractivity contribution in [1.29, 1.82) is 0 Å². The first-order valence-electron chi connectivity index (χ1n) is 7.44. The highest BCUT2D eigenvalue weighted by molar-refractivity contribution is 6.30. The lowest BCUT2D eigenvalue weighted by molar-refractivity contribution is -0.115. The van der Waals surface area contributed by atoms with Crippen LogP contribution < -0.4 is 15.4 Å². The Bertz CT molecular complexity index is 701. The molecule has 5 heteroatoms. The number of anilines is 2. The number of aryl methyl sites for hydroxylation is 2. The minimum absolute atomic E-state index is 0.0467. The molecule has 0 aliphatic heterocycles. The zero-order valence-electron chi connectivity index (χ0n) is 13.6. The number of benzene rings is 2. The molecule has 0 aliphatic rings. The van der Waals surface area contributed by atoms with Gasteiger partial charge >= 0.3 is 0 Å². The molecule has 0 spiro atoms. The van der Waals surface area contributed by atoms with Crippen molar-refractivity contribution in [3.8, 4) is 5.75 Å². The fraction of sp³-hybridized carbons (Fsp3) is 0.278. The molecule has 2 N–H and O–H groups in total. The van der Waals surface area contributed by atoms with Crippen molar-refractivity contribution in [2.45, 2.75) is 20.3 Å². The molecule has 0 bridgehead atoms. The number of carbonyl (C=O) groups is 1. The third-order valence-electron chi connectivity index (χ3n) is 3.49. The van der Waals surface area contributed by atoms with Crippen LogP contribution >= 0.6 is 11.6 Å². The second kappa shape index (κ2) is 7.88. The van der Waals surface area contributed by atoms with Gasteiger partial charge in [0.15, 0.2) is 0 Å². The van der Waals surface area contributed by atoms with Gasteiger partial charge in [-0.1, -0.05) is 17.7 Å². The predicted molar refractivity (Wildman–Crippen MR) is 95.7 cm³/mol. The number of nitrogens with one attached hydrogen (secondary N) is 2. The fourth-order valence-corrected chi connectivity index (χ4v) is 2.48. The summed E-state index contributed by atoms with van der Waals surface area (Å²) in [5, 5.41) is 6.79. The first kappa shape index (κ1) is 17.2. The first-order chi connectivity index (χ1) is 11.0. The molecule has 2 aromatic rings. The van der Waals surface area contributed by atoms with Gasteiger partial charge in [-0.25, -0.2) is 0 Å². The maximum atomic E-state index is 12.0. The van der Waals surface area contributed by atoms with Gasteiger partial charge in [0, 0.05) is 23.7 Å². The summed E-state index contributed by atoms with van der Waals surface area (Å²) in [6, 6.07) is 11.3. The molecule has 0 unspecified atom stereocenters. The quantitative estimate of drug-likeness (QED) is 0.824. The summed E-state index contributed by atoms with van der Waals surface area (Å²) in [7, 11) is 1.63. The Morgan fingerprint density at radius 2 is 1.91 bits per heavy atom. The molecule has 0 aliphatic carbocycles. The molecular formula is C18H21ClN2O2. The largest absolute Gasteiger partial charge is 0.495 e. The van der Waals surface area contributed by atoms with Gasteiger partial charge in [-0.2, -0.15) is 0 Å². The van der Waals surface area contributed by atoms with Crippen molar-refractivity contribution in [3.63, 3.8) is 0 Å². The van der Waals surface area contributed by atoms with Crippen LogP contribution in [0.3, 0.4) is 0 Å². The summed E-state index contributed by atoms with van der Waals surface area (Å²) in [5.41, 5.74) is 3.75. The third-order valence-corrected chi connectivity index (χ3v) is 3.72. The molecule has 23 heavy (non-hydrogen) atoms. The van der Waals surface area contributed by atoms with Gasteiger partial charge < -0.3 is 15.4 Å². The average Bonchev–Trinajstić information content (AvgIpc) is 2.50. The van der Waals surface area contributed by atoms with E-state index >= 15 is 0 Å². The van der Waals surface area contributed by atoms with Crippen molar-refractivity contribution < 1.29 is 9.53 Å². The molecule has 2 rings (SSSR count). The average molecular weight is 333 g/mol. The van der Waals surface area contributed by atoms with Crippen molar-refractivity contribution in [3.05, 3.63) is 52.5 Å². The molecule has 0 fully saturated rings. The molecule has 0 saturated carbocycles. The van der Waals surface area contributed by atoms with Crippen molar-refractivity contribution in [1.82, 2.24) is 0 Å². The van der Waals surface area contributed by atoms with Gasteiger partial charge in [-0.3, -0.25) is 4.79 Å². The Morgan fingerprint density at radius 1 is 1.13 bits per heavy atom. The second-order valence-corrected chi connectivity index (χ2v) is 5.82. The third kappa shape index (κ3) is 4.89. The molecule has 0 saturated heterocycles. The lowest BCUT2D eigenvalue weighted by Crippen LogP contribution is -2.17. The highest BCUT2D eigenvalue weighted by atomic mass is 35.5. The number of methoxy groups -OCH3 is 1. The van der Waals surface area contributed by atoms with Crippen LogP contribution in [0.1, 0.15) is 17.5 Å². The van der Waals surface area contributed by atoms with Crippen LogP contribution in [0.2, 0.25) is 5.02 Å². The number of halogens is 1. The molecule has 0 radical (unpaired) electrons. The molecule has 0 aromatic heterocycles. The first-order valence-corrected chi connectivity index (χ1v) is 7.82. The lowest BCUT2D eigenvalue weighted by atomic mass is 10.2. The van der Waals surface area contributed by atoms with Gasteiger partial charge in [0.05, 0.1) is 12.8 Å². The molecule has 0 heterocycles. The molecule has 0 atom stereocenters. The lowest BCUT2D eigenvalue weighted by Gasteiger charge is -2.12. The summed E-state index contributed by atoms with van der Waals surface area (Å²) in [4.78, 5) is 12.0. The maximum absolute atomic E-state index is 12.0. The Balaban J connectivity index is 1.89. The summed E-state index contributed by atoms with van der Waals surface area (Å²) >= 11 is 5.91. The van der Waals surface area contributed by atoms with E-state index in [2.05, 4.69) is 10.6 Å². The van der Waals surface area contributed by atoms with Crippen LogP contribution in [0.25, 0.3) is 0 Å². The maximum Gasteiger partial charge on any atom is 0.226 e. The van der Waals surface area contributed by atoms with E-state index in [0.29, 0.717) is 18.0 Å². The van der Waals surface area contributed by atoms with E-state index in [1.165, 1.54) is 0 Å². The molecular weight excluding hydrogens is 312 g/mol. The molecule has 1 amide bonds. The second-order valence-electron chi connectivity index (χ2n) is 5.39. The van der Waals surface area contributed by atoms with E-state index in [9.17, 15) is 4.79 Å².